The quantitative estimate of drug-likeness (QED) is 0.568. The molecule has 1 heterocycles. The molecule has 1 saturated carbocycles. The lowest BCUT2D eigenvalue weighted by Crippen LogP contribution is -2.51. The molecule has 1 atom stereocenters. The van der Waals surface area contributed by atoms with Gasteiger partial charge in [0.2, 0.25) is 0 Å². The van der Waals surface area contributed by atoms with Crippen LogP contribution in [-0.4, -0.2) is 51.6 Å². The van der Waals surface area contributed by atoms with Crippen molar-refractivity contribution in [1.82, 2.24) is 5.32 Å². The van der Waals surface area contributed by atoms with E-state index in [0.29, 0.717) is 29.0 Å². The van der Waals surface area contributed by atoms with E-state index in [1.54, 1.807) is 24.3 Å². The number of nitrogens with zero attached hydrogens (tertiary/aromatic N) is 1. The maximum Gasteiger partial charge on any atom is 0.264 e. The molecule has 0 spiro atoms. The molecular weight excluding hydrogens is 460 g/mol. The van der Waals surface area contributed by atoms with Gasteiger partial charge in [-0.25, -0.2) is 8.42 Å². The van der Waals surface area contributed by atoms with Crippen LogP contribution in [0.3, 0.4) is 0 Å². The average molecular weight is 491 g/mol. The Balaban J connectivity index is 1.51. The van der Waals surface area contributed by atoms with Crippen LogP contribution in [0.15, 0.2) is 47.4 Å². The molecule has 1 aliphatic carbocycles. The summed E-state index contributed by atoms with van der Waals surface area (Å²) < 4.78 is 39.4. The summed E-state index contributed by atoms with van der Waals surface area (Å²) in [5.74, 6) is 1.49. The van der Waals surface area contributed by atoms with E-state index in [1.807, 2.05) is 24.8 Å². The number of nitrogens with one attached hydrogen (secondary N) is 1. The van der Waals surface area contributed by atoms with E-state index in [9.17, 15) is 13.2 Å². The molecule has 7 nitrogen and oxygen atoms in total. The van der Waals surface area contributed by atoms with Gasteiger partial charge in [-0.05, 0) is 61.7 Å². The standard InChI is InChI=1S/C24H30N2O5S2/c1-17-7-12-22-21(15-17)26(33(28,29)20-10-8-18(30-2)9-11-20)16-23(31-22)24(27)25-13-14-32-19-5-3-4-6-19/h7-12,15,19,23H,3-6,13-14,16H2,1-2H3,(H,25,27). The number of ether oxygens (including phenoxy) is 2. The number of benzene rings is 2. The lowest BCUT2D eigenvalue weighted by molar-refractivity contribution is -0.127. The average Bonchev–Trinajstić information content (AvgIpc) is 3.34. The second-order valence-corrected chi connectivity index (χ2v) is 11.6. The van der Waals surface area contributed by atoms with Crippen LogP contribution in [0.1, 0.15) is 31.2 Å². The molecule has 0 aromatic heterocycles. The van der Waals surface area contributed by atoms with Crippen LogP contribution in [0.4, 0.5) is 5.69 Å². The van der Waals surface area contributed by atoms with Gasteiger partial charge in [-0.3, -0.25) is 9.10 Å². The summed E-state index contributed by atoms with van der Waals surface area (Å²) in [5.41, 5.74) is 1.34. The Hall–Kier alpha value is -2.39. The fourth-order valence-corrected chi connectivity index (χ4v) is 6.86. The molecular formula is C24H30N2O5S2. The van der Waals surface area contributed by atoms with Crippen LogP contribution in [0, 0.1) is 6.92 Å². The molecule has 2 aromatic carbocycles. The highest BCUT2D eigenvalue weighted by Gasteiger charge is 2.37. The van der Waals surface area contributed by atoms with Crippen molar-refractivity contribution >= 4 is 33.4 Å². The van der Waals surface area contributed by atoms with E-state index in [2.05, 4.69) is 5.32 Å². The summed E-state index contributed by atoms with van der Waals surface area (Å²) in [5, 5.41) is 3.61. The SMILES string of the molecule is COc1ccc(S(=O)(=O)N2CC(C(=O)NCCSC3CCCC3)Oc3ccc(C)cc32)cc1. The van der Waals surface area contributed by atoms with Gasteiger partial charge in [0.05, 0.1) is 24.2 Å². The number of sulfonamides is 1. The highest BCUT2D eigenvalue weighted by Crippen LogP contribution is 2.38. The predicted octanol–water partition coefficient (Wildman–Crippen LogP) is 3.75. The van der Waals surface area contributed by atoms with Gasteiger partial charge in [-0.2, -0.15) is 11.8 Å². The zero-order valence-electron chi connectivity index (χ0n) is 19.0. The highest BCUT2D eigenvalue weighted by molar-refractivity contribution is 7.99. The van der Waals surface area contributed by atoms with Gasteiger partial charge >= 0.3 is 0 Å². The van der Waals surface area contributed by atoms with Crippen LogP contribution in [0.5, 0.6) is 11.5 Å². The number of hydrogen-bond donors (Lipinski definition) is 1. The van der Waals surface area contributed by atoms with Crippen LogP contribution >= 0.6 is 11.8 Å². The number of aryl methyl sites for hydroxylation is 1. The Labute approximate surface area is 199 Å². The molecule has 1 amide bonds. The van der Waals surface area contributed by atoms with Crippen LogP contribution in [0.25, 0.3) is 0 Å². The zero-order chi connectivity index (χ0) is 23.4. The van der Waals surface area contributed by atoms with Crippen molar-refractivity contribution in [1.29, 1.82) is 0 Å². The first kappa shape index (κ1) is 23.8. The van der Waals surface area contributed by atoms with Crippen LogP contribution < -0.4 is 19.1 Å². The van der Waals surface area contributed by atoms with Crippen LogP contribution in [0.2, 0.25) is 0 Å². The molecule has 1 unspecified atom stereocenters. The number of amides is 1. The monoisotopic (exact) mass is 490 g/mol. The van der Waals surface area contributed by atoms with Gasteiger partial charge in [0, 0.05) is 17.5 Å². The number of anilines is 1. The molecule has 33 heavy (non-hydrogen) atoms. The Morgan fingerprint density at radius 2 is 1.91 bits per heavy atom. The molecule has 0 saturated heterocycles. The van der Waals surface area contributed by atoms with Crippen molar-refractivity contribution in [2.75, 3.05) is 30.3 Å². The third kappa shape index (κ3) is 5.41. The van der Waals surface area contributed by atoms with E-state index in [0.717, 1.165) is 11.3 Å². The fourth-order valence-electron chi connectivity index (χ4n) is 4.17. The maximum atomic E-state index is 13.5. The van der Waals surface area contributed by atoms with Crippen molar-refractivity contribution in [3.05, 3.63) is 48.0 Å². The molecule has 2 aliphatic rings. The molecule has 2 aromatic rings. The lowest BCUT2D eigenvalue weighted by Gasteiger charge is -2.35. The first-order valence-corrected chi connectivity index (χ1v) is 13.7. The van der Waals surface area contributed by atoms with E-state index in [-0.39, 0.29) is 17.3 Å². The molecule has 1 N–H and O–H groups in total. The first-order chi connectivity index (χ1) is 15.9. The minimum Gasteiger partial charge on any atom is -0.497 e. The van der Waals surface area contributed by atoms with Gasteiger partial charge in [-0.15, -0.1) is 0 Å². The second-order valence-electron chi connectivity index (χ2n) is 8.36. The largest absolute Gasteiger partial charge is 0.497 e. The Morgan fingerprint density at radius 1 is 1.18 bits per heavy atom. The smallest absolute Gasteiger partial charge is 0.264 e. The minimum absolute atomic E-state index is 0.0909. The van der Waals surface area contributed by atoms with E-state index >= 15 is 0 Å². The van der Waals surface area contributed by atoms with E-state index < -0.39 is 16.1 Å². The summed E-state index contributed by atoms with van der Waals surface area (Å²) in [7, 11) is -2.38. The predicted molar refractivity (Wildman–Crippen MR) is 131 cm³/mol. The summed E-state index contributed by atoms with van der Waals surface area (Å²) in [6.07, 6.45) is 4.15. The van der Waals surface area contributed by atoms with Crippen molar-refractivity contribution in [3.8, 4) is 11.5 Å². The van der Waals surface area contributed by atoms with Crippen molar-refractivity contribution in [3.63, 3.8) is 0 Å². The number of carbonyl (C=O) groups excluding carboxylic acids is 1. The van der Waals surface area contributed by atoms with E-state index in [4.69, 9.17) is 9.47 Å². The van der Waals surface area contributed by atoms with Crippen molar-refractivity contribution in [2.24, 2.45) is 0 Å². The minimum atomic E-state index is -3.91. The number of methoxy groups -OCH3 is 1. The van der Waals surface area contributed by atoms with Gasteiger partial charge in [0.15, 0.2) is 6.10 Å². The van der Waals surface area contributed by atoms with Crippen LogP contribution in [-0.2, 0) is 14.8 Å². The number of fused-ring (bicyclic) bond motifs is 1. The third-order valence-electron chi connectivity index (χ3n) is 5.98. The molecule has 0 bridgehead atoms. The Bertz CT molecular complexity index is 1080. The fraction of sp³-hybridized carbons (Fsp3) is 0.458. The van der Waals surface area contributed by atoms with Gasteiger partial charge in [0.25, 0.3) is 15.9 Å². The molecule has 4 rings (SSSR count). The normalized spacial score (nSPS) is 18.5. The molecule has 1 fully saturated rings. The molecule has 178 valence electrons. The summed E-state index contributed by atoms with van der Waals surface area (Å²) in [6.45, 7) is 2.33. The van der Waals surface area contributed by atoms with Gasteiger partial charge in [-0.1, -0.05) is 18.9 Å². The number of rotatable bonds is 8. The summed E-state index contributed by atoms with van der Waals surface area (Å²) in [4.78, 5) is 13.0. The first-order valence-electron chi connectivity index (χ1n) is 11.2. The van der Waals surface area contributed by atoms with E-state index in [1.165, 1.54) is 49.2 Å². The highest BCUT2D eigenvalue weighted by atomic mass is 32.2. The zero-order valence-corrected chi connectivity index (χ0v) is 20.6. The maximum absolute atomic E-state index is 13.5. The molecule has 9 heteroatoms. The Morgan fingerprint density at radius 3 is 2.61 bits per heavy atom. The lowest BCUT2D eigenvalue weighted by atomic mass is 10.1. The van der Waals surface area contributed by atoms with Gasteiger partial charge in [0.1, 0.15) is 11.5 Å². The number of thioether (sulfide) groups is 1. The van der Waals surface area contributed by atoms with Gasteiger partial charge < -0.3 is 14.8 Å². The summed E-state index contributed by atoms with van der Waals surface area (Å²) >= 11 is 1.90. The second kappa shape index (κ2) is 10.3. The topological polar surface area (TPSA) is 84.9 Å². The van der Waals surface area contributed by atoms with Crippen molar-refractivity contribution in [2.45, 2.75) is 48.9 Å². The molecule has 1 aliphatic heterocycles. The summed E-state index contributed by atoms with van der Waals surface area (Å²) in [6, 6.07) is 11.6. The number of carbonyl (C=O) groups is 1. The third-order valence-corrected chi connectivity index (χ3v) is 9.16. The Kier molecular flexibility index (Phi) is 7.38. The number of hydrogen-bond acceptors (Lipinski definition) is 6. The molecule has 0 radical (unpaired) electrons. The van der Waals surface area contributed by atoms with Crippen molar-refractivity contribution < 1.29 is 22.7 Å².